The molecule has 1 saturated carbocycles. The van der Waals surface area contributed by atoms with Crippen LogP contribution in [-0.2, 0) is 11.2 Å². The molecule has 1 aliphatic rings. The van der Waals surface area contributed by atoms with Gasteiger partial charge in [0.2, 0.25) is 5.91 Å². The number of methoxy groups -OCH3 is 1. The van der Waals surface area contributed by atoms with Gasteiger partial charge in [0.05, 0.1) is 19.1 Å². The third kappa shape index (κ3) is 3.63. The monoisotopic (exact) mass is 281 g/mol. The first kappa shape index (κ1) is 14.2. The van der Waals surface area contributed by atoms with Crippen molar-refractivity contribution in [3.63, 3.8) is 0 Å². The van der Waals surface area contributed by atoms with Crippen molar-refractivity contribution in [3.05, 3.63) is 29.8 Å². The average Bonchev–Trinajstić information content (AvgIpc) is 2.88. The number of rotatable bonds is 5. The molecule has 0 atom stereocenters. The van der Waals surface area contributed by atoms with Crippen LogP contribution in [0.25, 0.3) is 0 Å². The van der Waals surface area contributed by atoms with Crippen molar-refractivity contribution in [2.24, 2.45) is 0 Å². The number of amides is 1. The Hall–Kier alpha value is -1.22. The lowest BCUT2D eigenvalue weighted by molar-refractivity contribution is -0.122. The topological polar surface area (TPSA) is 38.3 Å². The quantitative estimate of drug-likeness (QED) is 0.843. The van der Waals surface area contributed by atoms with Crippen LogP contribution < -0.4 is 10.1 Å². The summed E-state index contributed by atoms with van der Waals surface area (Å²) in [7, 11) is 1.63. The van der Waals surface area contributed by atoms with Gasteiger partial charge in [-0.2, -0.15) is 0 Å². The molecule has 1 aromatic rings. The highest BCUT2D eigenvalue weighted by atomic mass is 35.5. The van der Waals surface area contributed by atoms with Crippen LogP contribution in [0, 0.1) is 0 Å². The molecule has 1 aromatic carbocycles. The van der Waals surface area contributed by atoms with E-state index in [-0.39, 0.29) is 11.4 Å². The Bertz CT molecular complexity index is 442. The van der Waals surface area contributed by atoms with Gasteiger partial charge in [-0.15, -0.1) is 11.6 Å². The molecule has 0 saturated heterocycles. The van der Waals surface area contributed by atoms with E-state index in [2.05, 4.69) is 5.32 Å². The number of benzene rings is 1. The summed E-state index contributed by atoms with van der Waals surface area (Å²) in [5.74, 6) is 1.31. The molecular weight excluding hydrogens is 262 g/mol. The number of ether oxygens (including phenoxy) is 1. The van der Waals surface area contributed by atoms with E-state index in [4.69, 9.17) is 16.3 Å². The number of alkyl halides is 1. The van der Waals surface area contributed by atoms with E-state index in [0.29, 0.717) is 12.3 Å². The fraction of sp³-hybridized carbons (Fsp3) is 0.533. The molecule has 4 heteroatoms. The molecule has 104 valence electrons. The van der Waals surface area contributed by atoms with Crippen LogP contribution in [0.4, 0.5) is 0 Å². The maximum Gasteiger partial charge on any atom is 0.224 e. The van der Waals surface area contributed by atoms with Gasteiger partial charge in [-0.3, -0.25) is 4.79 Å². The number of hydrogen-bond acceptors (Lipinski definition) is 2. The zero-order chi connectivity index (χ0) is 13.7. The highest BCUT2D eigenvalue weighted by molar-refractivity contribution is 6.18. The van der Waals surface area contributed by atoms with Crippen LogP contribution in [0.15, 0.2) is 24.3 Å². The van der Waals surface area contributed by atoms with Gasteiger partial charge in [-0.05, 0) is 30.5 Å². The van der Waals surface area contributed by atoms with Crippen LogP contribution in [-0.4, -0.2) is 24.4 Å². The zero-order valence-corrected chi connectivity index (χ0v) is 12.0. The normalized spacial score (nSPS) is 17.2. The van der Waals surface area contributed by atoms with E-state index in [1.165, 1.54) is 0 Å². The first-order chi connectivity index (χ1) is 9.17. The minimum Gasteiger partial charge on any atom is -0.497 e. The van der Waals surface area contributed by atoms with Crippen molar-refractivity contribution < 1.29 is 9.53 Å². The lowest BCUT2D eigenvalue weighted by Gasteiger charge is -2.27. The minimum atomic E-state index is -0.183. The lowest BCUT2D eigenvalue weighted by atomic mass is 9.99. The van der Waals surface area contributed by atoms with E-state index in [9.17, 15) is 4.79 Å². The highest BCUT2D eigenvalue weighted by Gasteiger charge is 2.34. The Morgan fingerprint density at radius 1 is 1.42 bits per heavy atom. The van der Waals surface area contributed by atoms with Crippen LogP contribution in [0.1, 0.15) is 31.2 Å². The van der Waals surface area contributed by atoms with Gasteiger partial charge in [-0.1, -0.05) is 25.0 Å². The van der Waals surface area contributed by atoms with Crippen molar-refractivity contribution in [3.8, 4) is 5.75 Å². The summed E-state index contributed by atoms with van der Waals surface area (Å²) in [5.41, 5.74) is 0.775. The number of carbonyl (C=O) groups is 1. The van der Waals surface area contributed by atoms with Crippen molar-refractivity contribution >= 4 is 17.5 Å². The molecule has 1 amide bonds. The molecular formula is C15H20ClNO2. The van der Waals surface area contributed by atoms with E-state index in [1.807, 2.05) is 24.3 Å². The molecule has 0 heterocycles. The molecule has 1 N–H and O–H groups in total. The highest BCUT2D eigenvalue weighted by Crippen LogP contribution is 2.30. The summed E-state index contributed by atoms with van der Waals surface area (Å²) < 4.78 is 5.16. The van der Waals surface area contributed by atoms with Gasteiger partial charge >= 0.3 is 0 Å². The SMILES string of the molecule is COc1cccc(CC(=O)NC2(CCl)CCCC2)c1. The Balaban J connectivity index is 1.96. The molecule has 1 fully saturated rings. The molecule has 0 aromatic heterocycles. The van der Waals surface area contributed by atoms with Crippen LogP contribution >= 0.6 is 11.6 Å². The fourth-order valence-electron chi connectivity index (χ4n) is 2.65. The van der Waals surface area contributed by atoms with Gasteiger partial charge in [0, 0.05) is 5.88 Å². The molecule has 0 aliphatic heterocycles. The maximum atomic E-state index is 12.1. The van der Waals surface area contributed by atoms with Crippen LogP contribution in [0.3, 0.4) is 0 Å². The Morgan fingerprint density at radius 2 is 2.16 bits per heavy atom. The third-order valence-corrected chi connectivity index (χ3v) is 4.23. The molecule has 0 unspecified atom stereocenters. The molecule has 2 rings (SSSR count). The first-order valence-electron chi connectivity index (χ1n) is 6.67. The van der Waals surface area contributed by atoms with Gasteiger partial charge in [0.1, 0.15) is 5.75 Å². The van der Waals surface area contributed by atoms with Crippen molar-refractivity contribution in [1.29, 1.82) is 0 Å². The predicted octanol–water partition coefficient (Wildman–Crippen LogP) is 2.91. The number of hydrogen-bond donors (Lipinski definition) is 1. The van der Waals surface area contributed by atoms with Crippen LogP contribution in [0.5, 0.6) is 5.75 Å². The smallest absolute Gasteiger partial charge is 0.224 e. The van der Waals surface area contributed by atoms with Gasteiger partial charge in [0.25, 0.3) is 0 Å². The average molecular weight is 282 g/mol. The van der Waals surface area contributed by atoms with E-state index in [0.717, 1.165) is 37.0 Å². The number of carbonyl (C=O) groups excluding carboxylic acids is 1. The Morgan fingerprint density at radius 3 is 2.79 bits per heavy atom. The maximum absolute atomic E-state index is 12.1. The van der Waals surface area contributed by atoms with E-state index < -0.39 is 0 Å². The van der Waals surface area contributed by atoms with Crippen molar-refractivity contribution in [1.82, 2.24) is 5.32 Å². The lowest BCUT2D eigenvalue weighted by Crippen LogP contribution is -2.48. The molecule has 0 radical (unpaired) electrons. The Labute approximate surface area is 119 Å². The summed E-state index contributed by atoms with van der Waals surface area (Å²) in [5, 5.41) is 3.12. The predicted molar refractivity (Wildman–Crippen MR) is 76.8 cm³/mol. The first-order valence-corrected chi connectivity index (χ1v) is 7.21. The van der Waals surface area contributed by atoms with Crippen LogP contribution in [0.2, 0.25) is 0 Å². The molecule has 19 heavy (non-hydrogen) atoms. The molecule has 1 aliphatic carbocycles. The summed E-state index contributed by atoms with van der Waals surface area (Å²) in [6.45, 7) is 0. The largest absolute Gasteiger partial charge is 0.497 e. The second-order valence-electron chi connectivity index (χ2n) is 5.20. The van der Waals surface area contributed by atoms with Crippen molar-refractivity contribution in [2.75, 3.05) is 13.0 Å². The van der Waals surface area contributed by atoms with Gasteiger partial charge in [0.15, 0.2) is 0 Å². The second kappa shape index (κ2) is 6.29. The molecule has 3 nitrogen and oxygen atoms in total. The number of nitrogens with one attached hydrogen (secondary N) is 1. The number of halogens is 1. The fourth-order valence-corrected chi connectivity index (χ4v) is 2.99. The summed E-state index contributed by atoms with van der Waals surface area (Å²) >= 11 is 6.02. The minimum absolute atomic E-state index is 0.0378. The Kier molecular flexibility index (Phi) is 4.70. The molecule has 0 bridgehead atoms. The van der Waals surface area contributed by atoms with E-state index in [1.54, 1.807) is 7.11 Å². The van der Waals surface area contributed by atoms with Gasteiger partial charge in [-0.25, -0.2) is 0 Å². The standard InChI is InChI=1S/C15H20ClNO2/c1-19-13-6-4-5-12(9-13)10-14(18)17-15(11-16)7-2-3-8-15/h4-6,9H,2-3,7-8,10-11H2,1H3,(H,17,18). The van der Waals surface area contributed by atoms with E-state index >= 15 is 0 Å². The third-order valence-electron chi connectivity index (χ3n) is 3.72. The zero-order valence-electron chi connectivity index (χ0n) is 11.2. The summed E-state index contributed by atoms with van der Waals surface area (Å²) in [6, 6.07) is 7.60. The van der Waals surface area contributed by atoms with Gasteiger partial charge < -0.3 is 10.1 Å². The molecule has 0 spiro atoms. The van der Waals surface area contributed by atoms with Crippen molar-refractivity contribution in [2.45, 2.75) is 37.6 Å². The summed E-state index contributed by atoms with van der Waals surface area (Å²) in [4.78, 5) is 12.1. The summed E-state index contributed by atoms with van der Waals surface area (Å²) in [6.07, 6.45) is 4.63. The second-order valence-corrected chi connectivity index (χ2v) is 5.46.